The second kappa shape index (κ2) is 6.66. The van der Waals surface area contributed by atoms with Crippen LogP contribution in [0.5, 0.6) is 5.88 Å². The van der Waals surface area contributed by atoms with Crippen LogP contribution in [0.15, 0.2) is 54.6 Å². The van der Waals surface area contributed by atoms with Gasteiger partial charge in [-0.3, -0.25) is 9.36 Å². The first-order valence-corrected chi connectivity index (χ1v) is 8.44. The molecule has 0 amide bonds. The van der Waals surface area contributed by atoms with Crippen molar-refractivity contribution < 1.29 is 9.90 Å². The molecule has 0 saturated heterocycles. The summed E-state index contributed by atoms with van der Waals surface area (Å²) >= 11 is 12.3. The molecule has 3 nitrogen and oxygen atoms in total. The Morgan fingerprint density at radius 2 is 1.78 bits per heavy atom. The van der Waals surface area contributed by atoms with E-state index in [2.05, 4.69) is 0 Å². The van der Waals surface area contributed by atoms with Gasteiger partial charge in [-0.05, 0) is 42.0 Å². The highest BCUT2D eigenvalue weighted by Gasteiger charge is 2.19. The van der Waals surface area contributed by atoms with Crippen LogP contribution in [0.3, 0.4) is 0 Å². The van der Waals surface area contributed by atoms with Gasteiger partial charge >= 0.3 is 0 Å². The lowest BCUT2D eigenvalue weighted by Crippen LogP contribution is -2.02. The SMILES string of the molecule is O=C(Cc1ccccc1)c1sc(=S)n(-c2ccc(Cl)cc2)c1O. The smallest absolute Gasteiger partial charge is 0.219 e. The molecule has 0 atom stereocenters. The molecule has 2 aromatic carbocycles. The van der Waals surface area contributed by atoms with Gasteiger partial charge in [0.1, 0.15) is 4.88 Å². The van der Waals surface area contributed by atoms with Gasteiger partial charge in [-0.25, -0.2) is 0 Å². The van der Waals surface area contributed by atoms with Crippen molar-refractivity contribution in [2.45, 2.75) is 6.42 Å². The quantitative estimate of drug-likeness (QED) is 0.522. The number of thiazole rings is 1. The van der Waals surface area contributed by atoms with Crippen LogP contribution in [0.1, 0.15) is 15.2 Å². The lowest BCUT2D eigenvalue weighted by Gasteiger charge is -2.05. The van der Waals surface area contributed by atoms with Gasteiger partial charge in [-0.15, -0.1) is 0 Å². The van der Waals surface area contributed by atoms with Gasteiger partial charge < -0.3 is 5.11 Å². The molecule has 0 aliphatic rings. The molecule has 116 valence electrons. The highest BCUT2D eigenvalue weighted by molar-refractivity contribution is 7.73. The number of aromatic hydroxyl groups is 1. The minimum Gasteiger partial charge on any atom is -0.493 e. The van der Waals surface area contributed by atoms with Crippen molar-refractivity contribution >= 4 is 40.9 Å². The lowest BCUT2D eigenvalue weighted by atomic mass is 10.1. The molecule has 1 heterocycles. The first kappa shape index (κ1) is 15.9. The van der Waals surface area contributed by atoms with Gasteiger partial charge in [0.2, 0.25) is 5.88 Å². The number of carbonyl (C=O) groups is 1. The van der Waals surface area contributed by atoms with E-state index in [1.807, 2.05) is 30.3 Å². The number of hydrogen-bond donors (Lipinski definition) is 1. The second-order valence-electron chi connectivity index (χ2n) is 4.92. The van der Waals surface area contributed by atoms with Gasteiger partial charge in [0, 0.05) is 11.4 Å². The van der Waals surface area contributed by atoms with Crippen LogP contribution >= 0.6 is 35.2 Å². The Morgan fingerprint density at radius 3 is 2.43 bits per heavy atom. The van der Waals surface area contributed by atoms with Crippen LogP contribution in [-0.4, -0.2) is 15.5 Å². The third-order valence-corrected chi connectivity index (χ3v) is 4.99. The van der Waals surface area contributed by atoms with E-state index in [0.29, 0.717) is 14.7 Å². The van der Waals surface area contributed by atoms with Crippen molar-refractivity contribution in [1.29, 1.82) is 0 Å². The summed E-state index contributed by atoms with van der Waals surface area (Å²) in [6.45, 7) is 0. The zero-order valence-corrected chi connectivity index (χ0v) is 14.3. The summed E-state index contributed by atoms with van der Waals surface area (Å²) in [6.07, 6.45) is 0.226. The maximum absolute atomic E-state index is 12.5. The maximum atomic E-state index is 12.5. The summed E-state index contributed by atoms with van der Waals surface area (Å²) in [5, 5.41) is 11.0. The van der Waals surface area contributed by atoms with Crippen molar-refractivity contribution in [3.05, 3.63) is 74.0 Å². The van der Waals surface area contributed by atoms with E-state index in [1.165, 1.54) is 4.57 Å². The normalized spacial score (nSPS) is 10.7. The molecule has 0 spiro atoms. The minimum absolute atomic E-state index is 0.122. The molecular formula is C17H12ClNO2S2. The summed E-state index contributed by atoms with van der Waals surface area (Å²) in [5.41, 5.74) is 1.57. The molecule has 0 saturated carbocycles. The fourth-order valence-electron chi connectivity index (χ4n) is 2.23. The van der Waals surface area contributed by atoms with E-state index < -0.39 is 0 Å². The Morgan fingerprint density at radius 1 is 1.13 bits per heavy atom. The molecule has 3 rings (SSSR count). The molecule has 0 unspecified atom stereocenters. The standard InChI is InChI=1S/C17H12ClNO2S2/c18-12-6-8-13(9-7-12)19-16(21)15(23-17(19)22)14(20)10-11-4-2-1-3-5-11/h1-9,21H,10H2. The summed E-state index contributed by atoms with van der Waals surface area (Å²) in [4.78, 5) is 12.7. The maximum Gasteiger partial charge on any atom is 0.219 e. The Labute approximate surface area is 147 Å². The molecule has 0 aliphatic heterocycles. The zero-order valence-electron chi connectivity index (χ0n) is 11.9. The van der Waals surface area contributed by atoms with Gasteiger partial charge in [-0.2, -0.15) is 0 Å². The molecule has 0 radical (unpaired) electrons. The molecule has 0 bridgehead atoms. The number of rotatable bonds is 4. The van der Waals surface area contributed by atoms with Crippen LogP contribution in [0.4, 0.5) is 0 Å². The fourth-order valence-corrected chi connectivity index (χ4v) is 3.62. The number of hydrogen-bond acceptors (Lipinski definition) is 4. The van der Waals surface area contributed by atoms with E-state index in [-0.39, 0.29) is 23.0 Å². The Hall–Kier alpha value is -1.95. The summed E-state index contributed by atoms with van der Waals surface area (Å²) in [7, 11) is 0. The van der Waals surface area contributed by atoms with Crippen molar-refractivity contribution in [2.75, 3.05) is 0 Å². The minimum atomic E-state index is -0.155. The molecule has 23 heavy (non-hydrogen) atoms. The number of aromatic nitrogens is 1. The lowest BCUT2D eigenvalue weighted by molar-refractivity contribution is 0.0994. The Kier molecular flexibility index (Phi) is 4.61. The Bertz CT molecular complexity index is 899. The van der Waals surface area contributed by atoms with E-state index in [9.17, 15) is 9.90 Å². The van der Waals surface area contributed by atoms with Gasteiger partial charge in [-0.1, -0.05) is 53.3 Å². The van der Waals surface area contributed by atoms with Crippen LogP contribution < -0.4 is 0 Å². The highest BCUT2D eigenvalue weighted by atomic mass is 35.5. The van der Waals surface area contributed by atoms with Gasteiger partial charge in [0.25, 0.3) is 0 Å². The third-order valence-electron chi connectivity index (χ3n) is 3.33. The average molecular weight is 362 g/mol. The van der Waals surface area contributed by atoms with Crippen molar-refractivity contribution in [3.63, 3.8) is 0 Å². The molecule has 0 aliphatic carbocycles. The number of Topliss-reactive ketones (excluding diaryl/α,β-unsaturated/α-hetero) is 1. The molecular weight excluding hydrogens is 350 g/mol. The number of halogens is 1. The highest BCUT2D eigenvalue weighted by Crippen LogP contribution is 2.31. The molecule has 0 fully saturated rings. The third kappa shape index (κ3) is 3.37. The van der Waals surface area contributed by atoms with E-state index in [0.717, 1.165) is 16.9 Å². The van der Waals surface area contributed by atoms with E-state index >= 15 is 0 Å². The summed E-state index contributed by atoms with van der Waals surface area (Å²) < 4.78 is 1.90. The predicted octanol–water partition coefficient (Wildman–Crippen LogP) is 5.05. The van der Waals surface area contributed by atoms with Crippen LogP contribution in [-0.2, 0) is 6.42 Å². The zero-order chi connectivity index (χ0) is 16.4. The van der Waals surface area contributed by atoms with Crippen LogP contribution in [0.2, 0.25) is 5.02 Å². The Balaban J connectivity index is 1.96. The predicted molar refractivity (Wildman–Crippen MR) is 95.6 cm³/mol. The van der Waals surface area contributed by atoms with Gasteiger partial charge in [0.05, 0.1) is 5.69 Å². The van der Waals surface area contributed by atoms with Gasteiger partial charge in [0.15, 0.2) is 9.74 Å². The number of nitrogens with zero attached hydrogens (tertiary/aromatic N) is 1. The topological polar surface area (TPSA) is 42.2 Å². The van der Waals surface area contributed by atoms with E-state index in [4.69, 9.17) is 23.8 Å². The summed E-state index contributed by atoms with van der Waals surface area (Å²) in [6, 6.07) is 16.3. The first-order chi connectivity index (χ1) is 11.1. The molecule has 1 N–H and O–H groups in total. The molecule has 1 aromatic heterocycles. The second-order valence-corrected chi connectivity index (χ2v) is 7.00. The summed E-state index contributed by atoms with van der Waals surface area (Å²) in [5.74, 6) is -0.277. The fraction of sp³-hybridized carbons (Fsp3) is 0.0588. The largest absolute Gasteiger partial charge is 0.493 e. The van der Waals surface area contributed by atoms with Crippen molar-refractivity contribution in [3.8, 4) is 11.6 Å². The van der Waals surface area contributed by atoms with Crippen molar-refractivity contribution in [2.24, 2.45) is 0 Å². The molecule has 6 heteroatoms. The molecule has 3 aromatic rings. The van der Waals surface area contributed by atoms with Crippen molar-refractivity contribution in [1.82, 2.24) is 4.57 Å². The number of carbonyl (C=O) groups excluding carboxylic acids is 1. The first-order valence-electron chi connectivity index (χ1n) is 6.84. The van der Waals surface area contributed by atoms with E-state index in [1.54, 1.807) is 24.3 Å². The van der Waals surface area contributed by atoms with Crippen LogP contribution in [0, 0.1) is 3.95 Å². The van der Waals surface area contributed by atoms with Crippen LogP contribution in [0.25, 0.3) is 5.69 Å². The number of benzene rings is 2. The average Bonchev–Trinajstić information content (AvgIpc) is 2.84. The monoisotopic (exact) mass is 361 g/mol. The number of ketones is 1.